The molecule has 1 aliphatic rings. The van der Waals surface area contributed by atoms with Crippen LogP contribution in [0.2, 0.25) is 0 Å². The zero-order chi connectivity index (χ0) is 23.8. The van der Waals surface area contributed by atoms with Gasteiger partial charge in [0.1, 0.15) is 11.3 Å². The number of allylic oxidation sites excluding steroid dienone is 1. The van der Waals surface area contributed by atoms with Crippen molar-refractivity contribution < 1.29 is 4.79 Å². The van der Waals surface area contributed by atoms with Gasteiger partial charge in [-0.15, -0.1) is 0 Å². The minimum Gasteiger partial charge on any atom is -0.397 e. The number of rotatable bonds is 6. The van der Waals surface area contributed by atoms with E-state index in [1.165, 1.54) is 35.3 Å². The topological polar surface area (TPSA) is 128 Å². The van der Waals surface area contributed by atoms with E-state index in [1.807, 2.05) is 13.0 Å². The van der Waals surface area contributed by atoms with Crippen molar-refractivity contribution in [3.63, 3.8) is 0 Å². The van der Waals surface area contributed by atoms with Crippen LogP contribution in [0.25, 0.3) is 11.7 Å². The molecule has 33 heavy (non-hydrogen) atoms. The molecular formula is C25H32N6O2. The third kappa shape index (κ3) is 6.49. The fourth-order valence-electron chi connectivity index (χ4n) is 3.26. The van der Waals surface area contributed by atoms with Crippen molar-refractivity contribution in [2.24, 2.45) is 11.7 Å². The molecule has 0 radical (unpaired) electrons. The molecule has 4 rings (SSSR count). The van der Waals surface area contributed by atoms with Gasteiger partial charge in [0.15, 0.2) is 0 Å². The minimum absolute atomic E-state index is 0.0743. The normalized spacial score (nSPS) is 13.7. The zero-order valence-corrected chi connectivity index (χ0v) is 19.3. The number of hydrogen-bond acceptors (Lipinski definition) is 6. The fourth-order valence-corrected chi connectivity index (χ4v) is 3.26. The van der Waals surface area contributed by atoms with Gasteiger partial charge in [-0.2, -0.15) is 0 Å². The fraction of sp³-hybridized carbons (Fsp3) is 0.360. The molecule has 174 valence electrons. The molecule has 8 heteroatoms. The zero-order valence-electron chi connectivity index (χ0n) is 19.3. The molecule has 8 nitrogen and oxygen atoms in total. The van der Waals surface area contributed by atoms with Gasteiger partial charge in [0.2, 0.25) is 0 Å². The van der Waals surface area contributed by atoms with E-state index in [1.54, 1.807) is 36.7 Å². The largest absolute Gasteiger partial charge is 0.397 e. The Kier molecular flexibility index (Phi) is 8.32. The van der Waals surface area contributed by atoms with Crippen LogP contribution < -0.4 is 22.3 Å². The van der Waals surface area contributed by atoms with Crippen LogP contribution in [0.15, 0.2) is 53.1 Å². The molecule has 0 unspecified atom stereocenters. The van der Waals surface area contributed by atoms with E-state index in [2.05, 4.69) is 22.2 Å². The van der Waals surface area contributed by atoms with E-state index >= 15 is 0 Å². The molecule has 3 aromatic rings. The van der Waals surface area contributed by atoms with Crippen molar-refractivity contribution in [3.05, 3.63) is 75.6 Å². The average Bonchev–Trinajstić information content (AvgIpc) is 2.78. The maximum Gasteiger partial charge on any atom is 0.270 e. The van der Waals surface area contributed by atoms with Gasteiger partial charge in [0.05, 0.1) is 11.4 Å². The molecule has 0 spiro atoms. The Morgan fingerprint density at radius 3 is 2.70 bits per heavy atom. The summed E-state index contributed by atoms with van der Waals surface area (Å²) in [6.07, 6.45) is 10.3. The Morgan fingerprint density at radius 1 is 1.30 bits per heavy atom. The van der Waals surface area contributed by atoms with Crippen LogP contribution in [0.4, 0.5) is 5.69 Å². The Bertz CT molecular complexity index is 1190. The molecule has 0 atom stereocenters. The standard InChI is InChI=1S/C20H21N5O2.C5H11N/c1-3-13(2)8-16-15(21)9-14(11-22-16)12-23-20(27)17-10-19(26)25-7-5-4-6-18(25)24-17;6-4-5-2-1-3-5/h4-11H,3,12,21H2,1-2H3,(H,23,27);5H,1-4,6H2/b13-8+;. The van der Waals surface area contributed by atoms with Crippen molar-refractivity contribution in [2.75, 3.05) is 12.3 Å². The van der Waals surface area contributed by atoms with Crippen molar-refractivity contribution in [1.29, 1.82) is 0 Å². The lowest BCUT2D eigenvalue weighted by Gasteiger charge is -2.22. The Morgan fingerprint density at radius 2 is 2.09 bits per heavy atom. The van der Waals surface area contributed by atoms with Gasteiger partial charge in [-0.1, -0.05) is 25.0 Å². The first kappa shape index (κ1) is 24.1. The van der Waals surface area contributed by atoms with E-state index in [4.69, 9.17) is 11.5 Å². The number of carbonyl (C=O) groups excluding carboxylic acids is 1. The van der Waals surface area contributed by atoms with Gasteiger partial charge in [-0.25, -0.2) is 4.98 Å². The number of carbonyl (C=O) groups is 1. The molecule has 1 amide bonds. The third-order valence-corrected chi connectivity index (χ3v) is 5.76. The van der Waals surface area contributed by atoms with E-state index in [0.717, 1.165) is 24.4 Å². The van der Waals surface area contributed by atoms with Gasteiger partial charge in [0, 0.05) is 25.0 Å². The number of nitrogen functional groups attached to an aromatic ring is 1. The molecule has 3 heterocycles. The Labute approximate surface area is 193 Å². The van der Waals surface area contributed by atoms with Gasteiger partial charge in [-0.05, 0) is 68.5 Å². The maximum atomic E-state index is 12.4. The number of nitrogens with zero attached hydrogens (tertiary/aromatic N) is 3. The lowest BCUT2D eigenvalue weighted by molar-refractivity contribution is 0.0946. The summed E-state index contributed by atoms with van der Waals surface area (Å²) >= 11 is 0. The molecule has 1 aliphatic carbocycles. The first-order chi connectivity index (χ1) is 15.9. The third-order valence-electron chi connectivity index (χ3n) is 5.76. The highest BCUT2D eigenvalue weighted by molar-refractivity contribution is 5.92. The molecule has 0 saturated heterocycles. The average molecular weight is 449 g/mol. The second kappa shape index (κ2) is 11.4. The summed E-state index contributed by atoms with van der Waals surface area (Å²) in [7, 11) is 0. The molecule has 1 fully saturated rings. The van der Waals surface area contributed by atoms with Crippen LogP contribution in [-0.2, 0) is 6.54 Å². The second-order valence-electron chi connectivity index (χ2n) is 8.29. The highest BCUT2D eigenvalue weighted by Gasteiger charge is 2.14. The number of aromatic nitrogens is 3. The lowest BCUT2D eigenvalue weighted by Crippen LogP contribution is -2.27. The number of nitrogens with one attached hydrogen (secondary N) is 1. The Hall–Kier alpha value is -3.52. The van der Waals surface area contributed by atoms with Crippen molar-refractivity contribution in [1.82, 2.24) is 19.7 Å². The monoisotopic (exact) mass is 448 g/mol. The predicted octanol–water partition coefficient (Wildman–Crippen LogP) is 3.16. The van der Waals surface area contributed by atoms with E-state index in [-0.39, 0.29) is 17.8 Å². The summed E-state index contributed by atoms with van der Waals surface area (Å²) < 4.78 is 1.38. The highest BCUT2D eigenvalue weighted by atomic mass is 16.2. The first-order valence-corrected chi connectivity index (χ1v) is 11.3. The Balaban J connectivity index is 0.000000442. The summed E-state index contributed by atoms with van der Waals surface area (Å²) in [6.45, 7) is 5.25. The second-order valence-corrected chi connectivity index (χ2v) is 8.29. The predicted molar refractivity (Wildman–Crippen MR) is 132 cm³/mol. The number of anilines is 1. The van der Waals surface area contributed by atoms with E-state index < -0.39 is 5.91 Å². The summed E-state index contributed by atoms with van der Waals surface area (Å²) in [5.41, 5.74) is 14.8. The number of amides is 1. The molecular weight excluding hydrogens is 416 g/mol. The van der Waals surface area contributed by atoms with Crippen molar-refractivity contribution >= 4 is 23.3 Å². The van der Waals surface area contributed by atoms with E-state index in [0.29, 0.717) is 17.0 Å². The van der Waals surface area contributed by atoms with Crippen LogP contribution in [0.3, 0.4) is 0 Å². The molecule has 5 N–H and O–H groups in total. The van der Waals surface area contributed by atoms with Crippen molar-refractivity contribution in [2.45, 2.75) is 46.1 Å². The lowest BCUT2D eigenvalue weighted by atomic mass is 9.86. The van der Waals surface area contributed by atoms with Crippen molar-refractivity contribution in [3.8, 4) is 0 Å². The number of nitrogens with two attached hydrogens (primary N) is 2. The number of fused-ring (bicyclic) bond motifs is 1. The van der Waals surface area contributed by atoms with Gasteiger partial charge in [0.25, 0.3) is 11.5 Å². The smallest absolute Gasteiger partial charge is 0.270 e. The molecule has 3 aromatic heterocycles. The summed E-state index contributed by atoms with van der Waals surface area (Å²) in [5, 5.41) is 2.75. The molecule has 0 aliphatic heterocycles. The molecule has 0 bridgehead atoms. The van der Waals surface area contributed by atoms with Crippen LogP contribution in [0.1, 0.15) is 61.3 Å². The highest BCUT2D eigenvalue weighted by Crippen LogP contribution is 2.24. The van der Waals surface area contributed by atoms with Gasteiger partial charge in [-0.3, -0.25) is 19.0 Å². The molecule has 0 aromatic carbocycles. The van der Waals surface area contributed by atoms with E-state index in [9.17, 15) is 9.59 Å². The first-order valence-electron chi connectivity index (χ1n) is 11.3. The minimum atomic E-state index is -0.428. The SMILES string of the molecule is CC/C(C)=C/c1ncc(CNC(=O)c2cc(=O)n3ccccc3n2)cc1N.NCC1CCC1. The number of hydrogen-bond donors (Lipinski definition) is 3. The summed E-state index contributed by atoms with van der Waals surface area (Å²) in [5.74, 6) is 0.466. The molecule has 1 saturated carbocycles. The van der Waals surface area contributed by atoms with Crippen LogP contribution >= 0.6 is 0 Å². The van der Waals surface area contributed by atoms with Crippen LogP contribution in [0.5, 0.6) is 0 Å². The summed E-state index contributed by atoms with van der Waals surface area (Å²) in [4.78, 5) is 33.0. The quantitative estimate of drug-likeness (QED) is 0.531. The van der Waals surface area contributed by atoms with Crippen LogP contribution in [-0.4, -0.2) is 26.8 Å². The summed E-state index contributed by atoms with van der Waals surface area (Å²) in [6, 6.07) is 8.16. The number of pyridine rings is 2. The maximum absolute atomic E-state index is 12.4. The van der Waals surface area contributed by atoms with Gasteiger partial charge >= 0.3 is 0 Å². The van der Waals surface area contributed by atoms with Gasteiger partial charge < -0.3 is 16.8 Å². The van der Waals surface area contributed by atoms with Crippen LogP contribution in [0, 0.1) is 5.92 Å².